The lowest BCUT2D eigenvalue weighted by atomic mass is 10.1. The van der Waals surface area contributed by atoms with Gasteiger partial charge in [0.05, 0.1) is 29.6 Å². The molecule has 33 heavy (non-hydrogen) atoms. The number of rotatable bonds is 7. The van der Waals surface area contributed by atoms with E-state index in [-0.39, 0.29) is 17.2 Å². The summed E-state index contributed by atoms with van der Waals surface area (Å²) in [5.41, 5.74) is 1.32. The summed E-state index contributed by atoms with van der Waals surface area (Å²) in [5, 5.41) is 5.53. The van der Waals surface area contributed by atoms with Gasteiger partial charge in [-0.15, -0.1) is 0 Å². The number of benzene rings is 2. The van der Waals surface area contributed by atoms with Crippen LogP contribution in [0, 0.1) is 5.82 Å². The number of carbonyl (C=O) groups excluding carboxylic acids is 1. The minimum Gasteiger partial charge on any atom is -0.495 e. The summed E-state index contributed by atoms with van der Waals surface area (Å²) in [6, 6.07) is 16.4. The maximum absolute atomic E-state index is 15.3. The predicted molar refractivity (Wildman–Crippen MR) is 122 cm³/mol. The van der Waals surface area contributed by atoms with Crippen LogP contribution in [-0.4, -0.2) is 35.0 Å². The van der Waals surface area contributed by atoms with Gasteiger partial charge in [0.2, 0.25) is 11.8 Å². The van der Waals surface area contributed by atoms with Gasteiger partial charge in [-0.05, 0) is 42.5 Å². The van der Waals surface area contributed by atoms with E-state index in [1.807, 2.05) is 0 Å². The van der Waals surface area contributed by atoms with Gasteiger partial charge in [0.25, 0.3) is 5.91 Å². The van der Waals surface area contributed by atoms with E-state index < -0.39 is 11.7 Å². The Kier molecular flexibility index (Phi) is 6.40. The molecule has 0 fully saturated rings. The zero-order valence-corrected chi connectivity index (χ0v) is 17.9. The highest BCUT2D eigenvalue weighted by Gasteiger charge is 2.19. The second-order valence-corrected chi connectivity index (χ2v) is 6.75. The third kappa shape index (κ3) is 4.72. The largest absolute Gasteiger partial charge is 0.495 e. The highest BCUT2D eigenvalue weighted by atomic mass is 19.1. The number of para-hydroxylation sites is 2. The van der Waals surface area contributed by atoms with Crippen molar-refractivity contribution in [2.24, 2.45) is 0 Å². The molecular weight excluding hydrogens is 425 g/mol. The number of carbonyl (C=O) groups is 1. The SMILES string of the molecule is CNc1nccc(-c2cccnc2Oc2cccc(C(=O)Nc3ccccc3OC)c2F)n1. The Bertz CT molecular complexity index is 1300. The van der Waals surface area contributed by atoms with Crippen LogP contribution in [0.15, 0.2) is 73.1 Å². The zero-order chi connectivity index (χ0) is 23.2. The molecule has 4 aromatic rings. The molecule has 2 N–H and O–H groups in total. The second-order valence-electron chi connectivity index (χ2n) is 6.75. The molecule has 0 atom stereocenters. The molecule has 0 saturated carbocycles. The molecule has 0 spiro atoms. The fourth-order valence-corrected chi connectivity index (χ4v) is 3.10. The van der Waals surface area contributed by atoms with Crippen molar-refractivity contribution in [3.8, 4) is 28.6 Å². The van der Waals surface area contributed by atoms with E-state index in [0.717, 1.165) is 0 Å². The monoisotopic (exact) mass is 445 g/mol. The van der Waals surface area contributed by atoms with Crippen molar-refractivity contribution in [3.05, 3.63) is 84.4 Å². The van der Waals surface area contributed by atoms with Crippen molar-refractivity contribution in [2.45, 2.75) is 0 Å². The fraction of sp³-hybridized carbons (Fsp3) is 0.0833. The van der Waals surface area contributed by atoms with Crippen LogP contribution in [0.25, 0.3) is 11.3 Å². The Morgan fingerprint density at radius 1 is 0.939 bits per heavy atom. The molecule has 0 aliphatic heterocycles. The first kappa shape index (κ1) is 21.7. The third-order valence-electron chi connectivity index (χ3n) is 4.70. The minimum atomic E-state index is -0.819. The molecule has 0 unspecified atom stereocenters. The van der Waals surface area contributed by atoms with Crippen LogP contribution in [0.2, 0.25) is 0 Å². The Morgan fingerprint density at radius 3 is 2.58 bits per heavy atom. The Hall–Kier alpha value is -4.53. The van der Waals surface area contributed by atoms with Crippen molar-refractivity contribution < 1.29 is 18.7 Å². The number of pyridine rings is 1. The van der Waals surface area contributed by atoms with Gasteiger partial charge >= 0.3 is 0 Å². The molecule has 0 aliphatic carbocycles. The lowest BCUT2D eigenvalue weighted by molar-refractivity contribution is 0.102. The molecule has 2 aromatic heterocycles. The summed E-state index contributed by atoms with van der Waals surface area (Å²) < 4.78 is 26.3. The van der Waals surface area contributed by atoms with E-state index in [1.165, 1.54) is 31.5 Å². The van der Waals surface area contributed by atoms with Crippen molar-refractivity contribution in [2.75, 3.05) is 24.8 Å². The Balaban J connectivity index is 1.63. The summed E-state index contributed by atoms with van der Waals surface area (Å²) in [6.07, 6.45) is 3.11. The average Bonchev–Trinajstić information content (AvgIpc) is 2.86. The van der Waals surface area contributed by atoms with E-state index in [4.69, 9.17) is 9.47 Å². The minimum absolute atomic E-state index is 0.138. The third-order valence-corrected chi connectivity index (χ3v) is 4.70. The van der Waals surface area contributed by atoms with Gasteiger partial charge in [-0.25, -0.2) is 19.3 Å². The normalized spacial score (nSPS) is 10.4. The number of anilines is 2. The van der Waals surface area contributed by atoms with Crippen molar-refractivity contribution in [3.63, 3.8) is 0 Å². The number of aromatic nitrogens is 3. The summed E-state index contributed by atoms with van der Waals surface area (Å²) in [5.74, 6) is -0.589. The summed E-state index contributed by atoms with van der Waals surface area (Å²) in [6.45, 7) is 0. The quantitative estimate of drug-likeness (QED) is 0.423. The van der Waals surface area contributed by atoms with Crippen LogP contribution in [0.3, 0.4) is 0 Å². The molecule has 166 valence electrons. The van der Waals surface area contributed by atoms with E-state index in [2.05, 4.69) is 25.6 Å². The number of ether oxygens (including phenoxy) is 2. The van der Waals surface area contributed by atoms with Crippen LogP contribution in [-0.2, 0) is 0 Å². The molecule has 1 amide bonds. The van der Waals surface area contributed by atoms with Crippen molar-refractivity contribution in [1.29, 1.82) is 0 Å². The van der Waals surface area contributed by atoms with Gasteiger partial charge in [-0.2, -0.15) is 0 Å². The topological polar surface area (TPSA) is 98.3 Å². The van der Waals surface area contributed by atoms with E-state index >= 15 is 4.39 Å². The lowest BCUT2D eigenvalue weighted by Gasteiger charge is -2.13. The van der Waals surface area contributed by atoms with E-state index in [9.17, 15) is 4.79 Å². The summed E-state index contributed by atoms with van der Waals surface area (Å²) >= 11 is 0. The molecule has 9 heteroatoms. The fourth-order valence-electron chi connectivity index (χ4n) is 3.10. The number of hydrogen-bond acceptors (Lipinski definition) is 7. The van der Waals surface area contributed by atoms with Gasteiger partial charge in [0.15, 0.2) is 11.6 Å². The first-order valence-electron chi connectivity index (χ1n) is 9.97. The highest BCUT2D eigenvalue weighted by Crippen LogP contribution is 2.33. The van der Waals surface area contributed by atoms with Crippen LogP contribution in [0.4, 0.5) is 16.0 Å². The standard InChI is InChI=1S/C24H20FN5O3/c1-26-24-28-14-12-17(30-24)15-8-6-13-27-23(15)33-20-11-5-7-16(21(20)25)22(31)29-18-9-3-4-10-19(18)32-2/h3-14H,1-2H3,(H,29,31)(H,26,28,30). The van der Waals surface area contributed by atoms with Crippen LogP contribution in [0.1, 0.15) is 10.4 Å². The molecule has 0 aliphatic rings. The average molecular weight is 445 g/mol. The Morgan fingerprint density at radius 2 is 1.76 bits per heavy atom. The maximum atomic E-state index is 15.3. The Labute approximate surface area is 189 Å². The van der Waals surface area contributed by atoms with Gasteiger partial charge in [0.1, 0.15) is 5.75 Å². The first-order valence-corrected chi connectivity index (χ1v) is 9.97. The van der Waals surface area contributed by atoms with Crippen LogP contribution < -0.4 is 20.1 Å². The van der Waals surface area contributed by atoms with Crippen LogP contribution >= 0.6 is 0 Å². The lowest BCUT2D eigenvalue weighted by Crippen LogP contribution is -2.14. The number of nitrogens with one attached hydrogen (secondary N) is 2. The van der Waals surface area contributed by atoms with Crippen LogP contribution in [0.5, 0.6) is 17.4 Å². The van der Waals surface area contributed by atoms with Gasteiger partial charge in [0, 0.05) is 19.4 Å². The number of hydrogen-bond donors (Lipinski definition) is 2. The predicted octanol–water partition coefficient (Wildman–Crippen LogP) is 4.77. The second kappa shape index (κ2) is 9.73. The van der Waals surface area contributed by atoms with Crippen molar-refractivity contribution in [1.82, 2.24) is 15.0 Å². The smallest absolute Gasteiger partial charge is 0.258 e. The van der Waals surface area contributed by atoms with Crippen molar-refractivity contribution >= 4 is 17.5 Å². The molecule has 0 bridgehead atoms. The molecule has 4 rings (SSSR count). The van der Waals surface area contributed by atoms with Gasteiger partial charge in [-0.3, -0.25) is 4.79 Å². The molecule has 8 nitrogen and oxygen atoms in total. The van der Waals surface area contributed by atoms with E-state index in [1.54, 1.807) is 55.7 Å². The first-order chi connectivity index (χ1) is 16.1. The van der Waals surface area contributed by atoms with Gasteiger partial charge < -0.3 is 20.1 Å². The number of nitrogens with zero attached hydrogens (tertiary/aromatic N) is 3. The number of halogens is 1. The molecule has 2 aromatic carbocycles. The highest BCUT2D eigenvalue weighted by molar-refractivity contribution is 6.05. The summed E-state index contributed by atoms with van der Waals surface area (Å²) in [7, 11) is 3.19. The number of methoxy groups -OCH3 is 1. The van der Waals surface area contributed by atoms with E-state index in [0.29, 0.717) is 28.6 Å². The molecule has 0 saturated heterocycles. The molecular formula is C24H20FN5O3. The molecule has 0 radical (unpaired) electrons. The molecule has 2 heterocycles. The summed E-state index contributed by atoms with van der Waals surface area (Å²) in [4.78, 5) is 25.5. The maximum Gasteiger partial charge on any atom is 0.258 e. The zero-order valence-electron chi connectivity index (χ0n) is 17.9. The van der Waals surface area contributed by atoms with Gasteiger partial charge in [-0.1, -0.05) is 18.2 Å². The number of amides is 1.